The molecule has 1 aromatic heterocycles. The Labute approximate surface area is 189 Å². The number of benzene rings is 2. The molecule has 0 radical (unpaired) electrons. The molecule has 152 valence electrons. The van der Waals surface area contributed by atoms with E-state index in [1.165, 1.54) is 5.56 Å². The van der Waals surface area contributed by atoms with E-state index >= 15 is 0 Å². The Kier molecular flexibility index (Phi) is 9.43. The number of guanidine groups is 1. The zero-order chi connectivity index (χ0) is 19.6. The Morgan fingerprint density at radius 3 is 2.69 bits per heavy atom. The first kappa shape index (κ1) is 22.7. The van der Waals surface area contributed by atoms with Gasteiger partial charge in [0.1, 0.15) is 12.4 Å². The molecular weight excluding hydrogens is 475 g/mol. The third kappa shape index (κ3) is 6.45. The van der Waals surface area contributed by atoms with Gasteiger partial charge in [-0.05, 0) is 30.7 Å². The molecule has 0 aliphatic rings. The van der Waals surface area contributed by atoms with Gasteiger partial charge in [-0.1, -0.05) is 49.1 Å². The number of aliphatic imine (C=N–C) groups is 1. The highest BCUT2D eigenvalue weighted by atomic mass is 127. The van der Waals surface area contributed by atoms with E-state index < -0.39 is 0 Å². The minimum absolute atomic E-state index is 0. The minimum Gasteiger partial charge on any atom is -0.489 e. The van der Waals surface area contributed by atoms with E-state index in [0.29, 0.717) is 19.7 Å². The molecule has 3 aromatic rings. The maximum atomic E-state index is 5.72. The number of hydrogen-bond acceptors (Lipinski definition) is 3. The number of nitrogens with one attached hydrogen (secondary N) is 2. The van der Waals surface area contributed by atoms with Crippen molar-refractivity contribution in [2.75, 3.05) is 13.2 Å². The van der Waals surface area contributed by atoms with Crippen molar-refractivity contribution < 1.29 is 4.74 Å². The molecule has 1 heterocycles. The highest BCUT2D eigenvalue weighted by Crippen LogP contribution is 2.19. The van der Waals surface area contributed by atoms with Crippen molar-refractivity contribution in [3.63, 3.8) is 0 Å². The number of nitrogens with zero attached hydrogens (tertiary/aromatic N) is 2. The predicted molar refractivity (Wildman–Crippen MR) is 131 cm³/mol. The van der Waals surface area contributed by atoms with Crippen molar-refractivity contribution in [2.45, 2.75) is 20.0 Å². The Balaban J connectivity index is 0.00000300. The highest BCUT2D eigenvalue weighted by molar-refractivity contribution is 14.0. The molecule has 6 heteroatoms. The van der Waals surface area contributed by atoms with Crippen molar-refractivity contribution in [3.8, 4) is 5.75 Å². The van der Waals surface area contributed by atoms with Crippen LogP contribution in [0.4, 0.5) is 0 Å². The molecule has 0 amide bonds. The second-order valence-electron chi connectivity index (χ2n) is 6.24. The van der Waals surface area contributed by atoms with Gasteiger partial charge >= 0.3 is 0 Å². The average molecular weight is 502 g/mol. The van der Waals surface area contributed by atoms with Gasteiger partial charge < -0.3 is 15.4 Å². The number of rotatable bonds is 8. The molecule has 0 bridgehead atoms. The van der Waals surface area contributed by atoms with Gasteiger partial charge in [0, 0.05) is 30.2 Å². The minimum atomic E-state index is 0. The molecule has 2 N–H and O–H groups in total. The fourth-order valence-corrected chi connectivity index (χ4v) is 2.92. The van der Waals surface area contributed by atoms with Crippen LogP contribution in [-0.4, -0.2) is 24.1 Å². The molecule has 29 heavy (non-hydrogen) atoms. The van der Waals surface area contributed by atoms with Crippen LogP contribution >= 0.6 is 24.0 Å². The normalized spacial score (nSPS) is 10.9. The maximum Gasteiger partial charge on any atom is 0.191 e. The SMILES string of the molecule is C=CCOc1ccccc1CN=C(NCC)NCc1ccnc2ccccc12.I. The number of ether oxygens (including phenoxy) is 1. The number of fused-ring (bicyclic) bond motifs is 1. The molecule has 0 spiro atoms. The molecular formula is C23H27IN4O. The first-order chi connectivity index (χ1) is 13.8. The zero-order valence-corrected chi connectivity index (χ0v) is 18.9. The van der Waals surface area contributed by atoms with Gasteiger partial charge in [-0.2, -0.15) is 0 Å². The van der Waals surface area contributed by atoms with Gasteiger partial charge in [0.15, 0.2) is 5.96 Å². The molecule has 0 aliphatic carbocycles. The lowest BCUT2D eigenvalue weighted by Crippen LogP contribution is -2.36. The number of aromatic nitrogens is 1. The van der Waals surface area contributed by atoms with Crippen LogP contribution in [-0.2, 0) is 13.1 Å². The fraction of sp³-hybridized carbons (Fsp3) is 0.217. The van der Waals surface area contributed by atoms with E-state index in [9.17, 15) is 0 Å². The number of hydrogen-bond donors (Lipinski definition) is 2. The number of halogens is 1. The van der Waals surface area contributed by atoms with Crippen LogP contribution in [0.5, 0.6) is 5.75 Å². The third-order valence-electron chi connectivity index (χ3n) is 4.27. The van der Waals surface area contributed by atoms with Crippen molar-refractivity contribution >= 4 is 40.8 Å². The molecule has 0 atom stereocenters. The lowest BCUT2D eigenvalue weighted by molar-refractivity contribution is 0.359. The predicted octanol–water partition coefficient (Wildman–Crippen LogP) is 4.67. The van der Waals surface area contributed by atoms with E-state index in [-0.39, 0.29) is 24.0 Å². The fourth-order valence-electron chi connectivity index (χ4n) is 2.92. The monoisotopic (exact) mass is 502 g/mol. The first-order valence-electron chi connectivity index (χ1n) is 9.48. The third-order valence-corrected chi connectivity index (χ3v) is 4.27. The van der Waals surface area contributed by atoms with Gasteiger partial charge in [-0.25, -0.2) is 4.99 Å². The quantitative estimate of drug-likeness (QED) is 0.204. The summed E-state index contributed by atoms with van der Waals surface area (Å²) in [7, 11) is 0. The van der Waals surface area contributed by atoms with Gasteiger partial charge in [0.05, 0.1) is 12.1 Å². The van der Waals surface area contributed by atoms with Crippen LogP contribution in [0.3, 0.4) is 0 Å². The van der Waals surface area contributed by atoms with E-state index in [1.807, 2.05) is 54.7 Å². The molecule has 3 rings (SSSR count). The smallest absolute Gasteiger partial charge is 0.191 e. The van der Waals surface area contributed by atoms with Crippen LogP contribution in [0, 0.1) is 0 Å². The molecule has 5 nitrogen and oxygen atoms in total. The summed E-state index contributed by atoms with van der Waals surface area (Å²) in [6, 6.07) is 18.1. The average Bonchev–Trinajstić information content (AvgIpc) is 2.74. The maximum absolute atomic E-state index is 5.72. The van der Waals surface area contributed by atoms with Gasteiger partial charge in [-0.3, -0.25) is 4.98 Å². The molecule has 0 fully saturated rings. The van der Waals surface area contributed by atoms with Crippen LogP contribution in [0.25, 0.3) is 10.9 Å². The van der Waals surface area contributed by atoms with Gasteiger partial charge in [0.2, 0.25) is 0 Å². The lowest BCUT2D eigenvalue weighted by Gasteiger charge is -2.13. The van der Waals surface area contributed by atoms with E-state index in [1.54, 1.807) is 6.08 Å². The highest BCUT2D eigenvalue weighted by Gasteiger charge is 2.05. The lowest BCUT2D eigenvalue weighted by atomic mass is 10.1. The Hall–Kier alpha value is -2.61. The molecule has 2 aromatic carbocycles. The summed E-state index contributed by atoms with van der Waals surface area (Å²) < 4.78 is 5.72. The van der Waals surface area contributed by atoms with Crippen molar-refractivity contribution in [1.82, 2.24) is 15.6 Å². The van der Waals surface area contributed by atoms with E-state index in [0.717, 1.165) is 34.7 Å². The standard InChI is InChI=1S/C23H26N4O.HI/c1-3-15-28-22-12-8-5-9-19(22)17-27-23(24-4-2)26-16-18-13-14-25-21-11-7-6-10-20(18)21;/h3,5-14H,1,4,15-17H2,2H3,(H2,24,26,27);1H. The van der Waals surface area contributed by atoms with Crippen molar-refractivity contribution in [1.29, 1.82) is 0 Å². The van der Waals surface area contributed by atoms with Crippen LogP contribution in [0.1, 0.15) is 18.1 Å². The Bertz CT molecular complexity index is 953. The summed E-state index contributed by atoms with van der Waals surface area (Å²) in [6.07, 6.45) is 3.58. The molecule has 0 saturated carbocycles. The summed E-state index contributed by atoms with van der Waals surface area (Å²) >= 11 is 0. The number of para-hydroxylation sites is 2. The molecule has 0 saturated heterocycles. The van der Waals surface area contributed by atoms with Gasteiger partial charge in [-0.15, -0.1) is 24.0 Å². The van der Waals surface area contributed by atoms with Crippen molar-refractivity contribution in [3.05, 3.63) is 84.6 Å². The largest absolute Gasteiger partial charge is 0.489 e. The van der Waals surface area contributed by atoms with Crippen LogP contribution in [0.2, 0.25) is 0 Å². The Morgan fingerprint density at radius 1 is 1.07 bits per heavy atom. The summed E-state index contributed by atoms with van der Waals surface area (Å²) in [6.45, 7) is 8.22. The second-order valence-corrected chi connectivity index (χ2v) is 6.24. The van der Waals surface area contributed by atoms with Crippen LogP contribution < -0.4 is 15.4 Å². The zero-order valence-electron chi connectivity index (χ0n) is 16.6. The first-order valence-corrected chi connectivity index (χ1v) is 9.48. The summed E-state index contributed by atoms with van der Waals surface area (Å²) in [5, 5.41) is 7.87. The van der Waals surface area contributed by atoms with E-state index in [4.69, 9.17) is 9.73 Å². The Morgan fingerprint density at radius 2 is 1.86 bits per heavy atom. The van der Waals surface area contributed by atoms with Crippen molar-refractivity contribution in [2.24, 2.45) is 4.99 Å². The second kappa shape index (κ2) is 12.1. The molecule has 0 aliphatic heterocycles. The molecule has 0 unspecified atom stereocenters. The topological polar surface area (TPSA) is 58.5 Å². The number of pyridine rings is 1. The summed E-state index contributed by atoms with van der Waals surface area (Å²) in [5.41, 5.74) is 3.22. The van der Waals surface area contributed by atoms with Gasteiger partial charge in [0.25, 0.3) is 0 Å². The summed E-state index contributed by atoms with van der Waals surface area (Å²) in [5.74, 6) is 1.60. The summed E-state index contributed by atoms with van der Waals surface area (Å²) in [4.78, 5) is 9.14. The van der Waals surface area contributed by atoms with E-state index in [2.05, 4.69) is 35.2 Å². The van der Waals surface area contributed by atoms with Crippen LogP contribution in [0.15, 0.2) is 78.4 Å².